The van der Waals surface area contributed by atoms with Crippen molar-refractivity contribution in [3.05, 3.63) is 30.3 Å². The molecule has 0 amide bonds. The number of anilines is 1. The first kappa shape index (κ1) is 13.4. The molecule has 0 aromatic heterocycles. The highest BCUT2D eigenvalue weighted by Gasteiger charge is 2.18. The fraction of sp³-hybridized carbons (Fsp3) is 0.600. The van der Waals surface area contributed by atoms with Gasteiger partial charge in [0.15, 0.2) is 0 Å². The first-order valence-electron chi connectivity index (χ1n) is 6.96. The van der Waals surface area contributed by atoms with E-state index in [0.717, 1.165) is 25.6 Å². The zero-order chi connectivity index (χ0) is 12.8. The lowest BCUT2D eigenvalue weighted by molar-refractivity contribution is 0.224. The third-order valence-electron chi connectivity index (χ3n) is 3.62. The van der Waals surface area contributed by atoms with Crippen LogP contribution in [0.5, 0.6) is 0 Å². The van der Waals surface area contributed by atoms with E-state index in [4.69, 9.17) is 0 Å². The topological polar surface area (TPSA) is 18.5 Å². The lowest BCUT2D eigenvalue weighted by Crippen LogP contribution is -2.48. The number of nitrogens with zero attached hydrogens (tertiary/aromatic N) is 2. The molecule has 1 atom stereocenters. The maximum atomic E-state index is 3.25. The monoisotopic (exact) mass is 247 g/mol. The van der Waals surface area contributed by atoms with Crippen LogP contribution >= 0.6 is 0 Å². The smallest absolute Gasteiger partial charge is 0.0367 e. The van der Waals surface area contributed by atoms with Crippen molar-refractivity contribution in [2.75, 3.05) is 51.2 Å². The van der Waals surface area contributed by atoms with Crippen LogP contribution in [-0.2, 0) is 0 Å². The second-order valence-electron chi connectivity index (χ2n) is 5.29. The summed E-state index contributed by atoms with van der Waals surface area (Å²) >= 11 is 0. The average molecular weight is 247 g/mol. The Hall–Kier alpha value is -1.06. The van der Waals surface area contributed by atoms with Crippen molar-refractivity contribution in [3.63, 3.8) is 0 Å². The molecule has 1 aliphatic heterocycles. The Morgan fingerprint density at radius 1 is 1.11 bits per heavy atom. The number of hydrogen-bond acceptors (Lipinski definition) is 3. The van der Waals surface area contributed by atoms with Crippen molar-refractivity contribution in [2.45, 2.75) is 6.92 Å². The molecule has 1 N–H and O–H groups in total. The summed E-state index contributed by atoms with van der Waals surface area (Å²) in [5.74, 6) is 0.735. The van der Waals surface area contributed by atoms with Gasteiger partial charge in [0.2, 0.25) is 0 Å². The van der Waals surface area contributed by atoms with Gasteiger partial charge in [-0.15, -0.1) is 0 Å². The van der Waals surface area contributed by atoms with E-state index in [-0.39, 0.29) is 0 Å². The number of para-hydroxylation sites is 1. The fourth-order valence-corrected chi connectivity index (χ4v) is 2.68. The maximum absolute atomic E-state index is 3.25. The summed E-state index contributed by atoms with van der Waals surface area (Å²) in [7, 11) is 2.03. The van der Waals surface area contributed by atoms with E-state index in [1.165, 1.54) is 25.3 Å². The van der Waals surface area contributed by atoms with E-state index in [1.807, 2.05) is 7.05 Å². The molecule has 0 saturated carbocycles. The van der Waals surface area contributed by atoms with Gasteiger partial charge in [-0.1, -0.05) is 25.1 Å². The second-order valence-corrected chi connectivity index (χ2v) is 5.29. The predicted molar refractivity (Wildman–Crippen MR) is 78.2 cm³/mol. The Morgan fingerprint density at radius 3 is 2.39 bits per heavy atom. The van der Waals surface area contributed by atoms with Gasteiger partial charge in [0, 0.05) is 38.4 Å². The number of rotatable bonds is 5. The van der Waals surface area contributed by atoms with Crippen LogP contribution in [0.15, 0.2) is 30.3 Å². The van der Waals surface area contributed by atoms with Gasteiger partial charge in [-0.05, 0) is 31.6 Å². The predicted octanol–water partition coefficient (Wildman–Crippen LogP) is 1.66. The van der Waals surface area contributed by atoms with Crippen molar-refractivity contribution >= 4 is 5.69 Å². The van der Waals surface area contributed by atoms with Gasteiger partial charge in [-0.3, -0.25) is 4.90 Å². The average Bonchev–Trinajstić information content (AvgIpc) is 2.41. The molecule has 0 radical (unpaired) electrons. The molecule has 1 saturated heterocycles. The minimum atomic E-state index is 0.735. The molecule has 0 bridgehead atoms. The van der Waals surface area contributed by atoms with Crippen LogP contribution in [0.1, 0.15) is 6.92 Å². The van der Waals surface area contributed by atoms with E-state index in [0.29, 0.717) is 0 Å². The van der Waals surface area contributed by atoms with Crippen LogP contribution in [0.2, 0.25) is 0 Å². The van der Waals surface area contributed by atoms with Gasteiger partial charge in [-0.2, -0.15) is 0 Å². The summed E-state index contributed by atoms with van der Waals surface area (Å²) in [5, 5.41) is 3.25. The van der Waals surface area contributed by atoms with Crippen molar-refractivity contribution in [1.82, 2.24) is 10.2 Å². The molecule has 2 rings (SSSR count). The van der Waals surface area contributed by atoms with E-state index in [1.54, 1.807) is 0 Å². The van der Waals surface area contributed by atoms with Crippen molar-refractivity contribution in [2.24, 2.45) is 5.92 Å². The maximum Gasteiger partial charge on any atom is 0.0367 e. The number of benzene rings is 1. The van der Waals surface area contributed by atoms with Crippen molar-refractivity contribution in [3.8, 4) is 0 Å². The van der Waals surface area contributed by atoms with Gasteiger partial charge in [0.05, 0.1) is 0 Å². The molecule has 100 valence electrons. The quantitative estimate of drug-likeness (QED) is 0.854. The summed E-state index contributed by atoms with van der Waals surface area (Å²) in [6.07, 6.45) is 0. The summed E-state index contributed by atoms with van der Waals surface area (Å²) in [6.45, 7) is 9.31. The molecular formula is C15H25N3. The first-order chi connectivity index (χ1) is 8.79. The first-order valence-corrected chi connectivity index (χ1v) is 6.96. The highest BCUT2D eigenvalue weighted by Crippen LogP contribution is 2.15. The molecule has 0 spiro atoms. The SMILES string of the molecule is CNCC(C)CN1CCN(c2ccccc2)CC1. The highest BCUT2D eigenvalue weighted by atomic mass is 15.3. The lowest BCUT2D eigenvalue weighted by atomic mass is 10.1. The minimum absolute atomic E-state index is 0.735. The molecule has 1 aromatic rings. The Balaban J connectivity index is 1.78. The van der Waals surface area contributed by atoms with Gasteiger partial charge in [0.1, 0.15) is 0 Å². The molecule has 1 heterocycles. The van der Waals surface area contributed by atoms with E-state index in [9.17, 15) is 0 Å². The third kappa shape index (κ3) is 3.72. The molecular weight excluding hydrogens is 222 g/mol. The van der Waals surface area contributed by atoms with Crippen LogP contribution in [-0.4, -0.2) is 51.2 Å². The molecule has 3 heteroatoms. The molecule has 1 aliphatic rings. The summed E-state index contributed by atoms with van der Waals surface area (Å²) in [4.78, 5) is 5.07. The van der Waals surface area contributed by atoms with Crippen LogP contribution in [0.25, 0.3) is 0 Å². The third-order valence-corrected chi connectivity index (χ3v) is 3.62. The lowest BCUT2D eigenvalue weighted by Gasteiger charge is -2.37. The van der Waals surface area contributed by atoms with Gasteiger partial charge in [-0.25, -0.2) is 0 Å². The molecule has 18 heavy (non-hydrogen) atoms. The van der Waals surface area contributed by atoms with Gasteiger partial charge >= 0.3 is 0 Å². The van der Waals surface area contributed by atoms with E-state index in [2.05, 4.69) is 52.4 Å². The minimum Gasteiger partial charge on any atom is -0.369 e. The summed E-state index contributed by atoms with van der Waals surface area (Å²) in [5.41, 5.74) is 1.36. The van der Waals surface area contributed by atoms with E-state index >= 15 is 0 Å². The Morgan fingerprint density at radius 2 is 1.78 bits per heavy atom. The zero-order valence-corrected chi connectivity index (χ0v) is 11.6. The Labute approximate surface area is 111 Å². The van der Waals surface area contributed by atoms with Crippen LogP contribution in [0, 0.1) is 5.92 Å². The zero-order valence-electron chi connectivity index (χ0n) is 11.6. The standard InChI is InChI=1S/C15H25N3/c1-14(12-16-2)13-17-8-10-18(11-9-17)15-6-4-3-5-7-15/h3-7,14,16H,8-13H2,1-2H3. The van der Waals surface area contributed by atoms with Crippen molar-refractivity contribution in [1.29, 1.82) is 0 Å². The van der Waals surface area contributed by atoms with Crippen LogP contribution in [0.4, 0.5) is 5.69 Å². The largest absolute Gasteiger partial charge is 0.369 e. The molecule has 1 unspecified atom stereocenters. The normalized spacial score (nSPS) is 18.9. The van der Waals surface area contributed by atoms with Gasteiger partial charge in [0.25, 0.3) is 0 Å². The molecule has 1 fully saturated rings. The summed E-state index contributed by atoms with van der Waals surface area (Å²) in [6, 6.07) is 10.7. The Bertz CT molecular complexity index is 331. The second kappa shape index (κ2) is 6.76. The fourth-order valence-electron chi connectivity index (χ4n) is 2.68. The number of nitrogens with one attached hydrogen (secondary N) is 1. The molecule has 3 nitrogen and oxygen atoms in total. The van der Waals surface area contributed by atoms with E-state index < -0.39 is 0 Å². The Kier molecular flexibility index (Phi) is 5.02. The molecule has 0 aliphatic carbocycles. The van der Waals surface area contributed by atoms with Crippen LogP contribution in [0.3, 0.4) is 0 Å². The van der Waals surface area contributed by atoms with Gasteiger partial charge < -0.3 is 10.2 Å². The van der Waals surface area contributed by atoms with Crippen LogP contribution < -0.4 is 10.2 Å². The highest BCUT2D eigenvalue weighted by molar-refractivity contribution is 5.46. The molecule has 1 aromatic carbocycles. The summed E-state index contributed by atoms with van der Waals surface area (Å²) < 4.78 is 0. The van der Waals surface area contributed by atoms with Crippen molar-refractivity contribution < 1.29 is 0 Å². The number of piperazine rings is 1. The number of hydrogen-bond donors (Lipinski definition) is 1.